The number of nitrogens with one attached hydrogen (secondary N) is 1. The molecule has 0 radical (unpaired) electrons. The van der Waals surface area contributed by atoms with Crippen LogP contribution in [0.3, 0.4) is 0 Å². The second-order valence-electron chi connectivity index (χ2n) is 7.25. The summed E-state index contributed by atoms with van der Waals surface area (Å²) in [4.78, 5) is 20.9. The van der Waals surface area contributed by atoms with Crippen molar-refractivity contribution in [3.8, 4) is 22.5 Å². The molecule has 3 nitrogen and oxygen atoms in total. The zero-order valence-electron chi connectivity index (χ0n) is 14.0. The van der Waals surface area contributed by atoms with Crippen molar-refractivity contribution >= 4 is 5.78 Å². The molecule has 2 heterocycles. The van der Waals surface area contributed by atoms with Crippen molar-refractivity contribution in [2.45, 2.75) is 26.7 Å². The van der Waals surface area contributed by atoms with Crippen LogP contribution in [-0.2, 0) is 6.42 Å². The van der Waals surface area contributed by atoms with Gasteiger partial charge in [0, 0.05) is 29.4 Å². The lowest BCUT2D eigenvalue weighted by Gasteiger charge is -2.28. The van der Waals surface area contributed by atoms with Crippen LogP contribution in [-0.4, -0.2) is 15.8 Å². The average molecular weight is 316 g/mol. The fourth-order valence-corrected chi connectivity index (χ4v) is 3.65. The van der Waals surface area contributed by atoms with E-state index in [9.17, 15) is 4.79 Å². The van der Waals surface area contributed by atoms with Crippen LogP contribution in [0.4, 0.5) is 0 Å². The van der Waals surface area contributed by atoms with Gasteiger partial charge in [0.1, 0.15) is 0 Å². The van der Waals surface area contributed by atoms with Crippen LogP contribution in [0.5, 0.6) is 0 Å². The Hall–Kier alpha value is -2.68. The Morgan fingerprint density at radius 1 is 0.958 bits per heavy atom. The number of aromatic amines is 1. The molecule has 1 N–H and O–H groups in total. The van der Waals surface area contributed by atoms with Crippen LogP contribution in [0.25, 0.3) is 22.5 Å². The summed E-state index contributed by atoms with van der Waals surface area (Å²) in [6.07, 6.45) is 3.25. The predicted octanol–water partition coefficient (Wildman–Crippen LogP) is 4.90. The maximum atomic E-state index is 12.9. The van der Waals surface area contributed by atoms with Gasteiger partial charge in [0.15, 0.2) is 5.78 Å². The van der Waals surface area contributed by atoms with Crippen LogP contribution in [0.15, 0.2) is 54.7 Å². The predicted molar refractivity (Wildman–Crippen MR) is 95.9 cm³/mol. The Morgan fingerprint density at radius 3 is 2.42 bits per heavy atom. The number of Topliss-reactive ketones (excluding diaryl/α,β-unsaturated/α-hetero) is 1. The minimum absolute atomic E-state index is 0.00964. The fraction of sp³-hybridized carbons (Fsp3) is 0.238. The van der Waals surface area contributed by atoms with E-state index in [2.05, 4.69) is 35.9 Å². The summed E-state index contributed by atoms with van der Waals surface area (Å²) >= 11 is 0. The Kier molecular flexibility index (Phi) is 3.38. The lowest BCUT2D eigenvalue weighted by molar-refractivity contribution is 0.0912. The van der Waals surface area contributed by atoms with Crippen LogP contribution < -0.4 is 0 Å². The van der Waals surface area contributed by atoms with E-state index >= 15 is 0 Å². The second-order valence-corrected chi connectivity index (χ2v) is 7.25. The van der Waals surface area contributed by atoms with Gasteiger partial charge in [-0.15, -0.1) is 0 Å². The normalized spacial score (nSPS) is 16.0. The number of fused-ring (bicyclic) bond motifs is 1. The molecule has 0 amide bonds. The number of benzene rings is 1. The minimum atomic E-state index is -0.00964. The lowest BCUT2D eigenvalue weighted by atomic mass is 9.75. The van der Waals surface area contributed by atoms with Crippen molar-refractivity contribution < 1.29 is 4.79 Å². The average Bonchev–Trinajstić information content (AvgIpc) is 2.94. The third-order valence-electron chi connectivity index (χ3n) is 4.63. The number of H-pyrrole nitrogens is 1. The van der Waals surface area contributed by atoms with E-state index in [0.717, 1.165) is 40.2 Å². The Bertz CT molecular complexity index is 892. The molecular formula is C21H20N2O. The number of aromatic nitrogens is 2. The van der Waals surface area contributed by atoms with Crippen molar-refractivity contribution in [2.24, 2.45) is 5.41 Å². The zero-order valence-corrected chi connectivity index (χ0v) is 14.0. The molecular weight excluding hydrogens is 296 g/mol. The Labute approximate surface area is 141 Å². The van der Waals surface area contributed by atoms with Crippen LogP contribution in [0.2, 0.25) is 0 Å². The topological polar surface area (TPSA) is 45.8 Å². The van der Waals surface area contributed by atoms with Crippen molar-refractivity contribution in [3.63, 3.8) is 0 Å². The fourth-order valence-electron chi connectivity index (χ4n) is 3.65. The monoisotopic (exact) mass is 316 g/mol. The zero-order chi connectivity index (χ0) is 16.7. The van der Waals surface area contributed by atoms with Crippen molar-refractivity contribution in [2.75, 3.05) is 0 Å². The SMILES string of the molecule is CC1(C)CC(=O)c2c([nH]c(-c3ccccn3)c2-c2ccccc2)C1. The highest BCUT2D eigenvalue weighted by molar-refractivity contribution is 6.08. The number of carbonyl (C=O) groups excluding carboxylic acids is 1. The molecule has 0 fully saturated rings. The first-order valence-corrected chi connectivity index (χ1v) is 8.30. The van der Waals surface area contributed by atoms with Crippen molar-refractivity contribution in [3.05, 3.63) is 66.0 Å². The summed E-state index contributed by atoms with van der Waals surface area (Å²) in [5, 5.41) is 0. The van der Waals surface area contributed by atoms with Crippen molar-refractivity contribution in [1.82, 2.24) is 9.97 Å². The van der Waals surface area contributed by atoms with E-state index in [1.165, 1.54) is 0 Å². The molecule has 4 rings (SSSR count). The van der Waals surface area contributed by atoms with Crippen LogP contribution in [0, 0.1) is 5.41 Å². The highest BCUT2D eigenvalue weighted by Gasteiger charge is 2.35. The van der Waals surface area contributed by atoms with Gasteiger partial charge in [-0.1, -0.05) is 50.2 Å². The lowest BCUT2D eigenvalue weighted by Crippen LogP contribution is -2.26. The number of hydrogen-bond donors (Lipinski definition) is 1. The van der Waals surface area contributed by atoms with Gasteiger partial charge in [0.25, 0.3) is 0 Å². The molecule has 1 aliphatic rings. The third kappa shape index (κ3) is 2.46. The first-order chi connectivity index (χ1) is 11.6. The third-order valence-corrected chi connectivity index (χ3v) is 4.63. The first kappa shape index (κ1) is 14.9. The molecule has 0 bridgehead atoms. The number of nitrogens with zero attached hydrogens (tertiary/aromatic N) is 1. The molecule has 0 aliphatic heterocycles. The van der Waals surface area contributed by atoms with E-state index in [4.69, 9.17) is 0 Å². The van der Waals surface area contributed by atoms with E-state index in [0.29, 0.717) is 6.42 Å². The van der Waals surface area contributed by atoms with E-state index in [1.807, 2.05) is 36.4 Å². The van der Waals surface area contributed by atoms with Gasteiger partial charge in [-0.3, -0.25) is 9.78 Å². The van der Waals surface area contributed by atoms with Gasteiger partial charge in [0.05, 0.1) is 11.4 Å². The van der Waals surface area contributed by atoms with E-state index in [1.54, 1.807) is 6.20 Å². The number of ketones is 1. The number of pyridine rings is 1. The molecule has 1 aromatic carbocycles. The molecule has 120 valence electrons. The Balaban J connectivity index is 2.00. The number of hydrogen-bond acceptors (Lipinski definition) is 2. The molecule has 0 atom stereocenters. The van der Waals surface area contributed by atoms with E-state index < -0.39 is 0 Å². The molecule has 0 saturated heterocycles. The standard InChI is InChI=1S/C21H20N2O/c1-21(2)12-16-19(17(24)13-21)18(14-8-4-3-5-9-14)20(23-16)15-10-6-7-11-22-15/h3-11,23H,12-13H2,1-2H3. The summed E-state index contributed by atoms with van der Waals surface area (Å²) < 4.78 is 0. The van der Waals surface area contributed by atoms with Gasteiger partial charge in [-0.2, -0.15) is 0 Å². The molecule has 2 aromatic heterocycles. The van der Waals surface area contributed by atoms with E-state index in [-0.39, 0.29) is 11.2 Å². The second kappa shape index (κ2) is 5.45. The molecule has 0 saturated carbocycles. The smallest absolute Gasteiger partial charge is 0.165 e. The maximum absolute atomic E-state index is 12.9. The molecule has 3 aromatic rings. The maximum Gasteiger partial charge on any atom is 0.165 e. The van der Waals surface area contributed by atoms with Gasteiger partial charge >= 0.3 is 0 Å². The van der Waals surface area contributed by atoms with Crippen molar-refractivity contribution in [1.29, 1.82) is 0 Å². The molecule has 3 heteroatoms. The highest BCUT2D eigenvalue weighted by atomic mass is 16.1. The van der Waals surface area contributed by atoms with Crippen LogP contribution in [0.1, 0.15) is 36.3 Å². The van der Waals surface area contributed by atoms with Gasteiger partial charge in [-0.25, -0.2) is 0 Å². The molecule has 24 heavy (non-hydrogen) atoms. The number of rotatable bonds is 2. The molecule has 0 unspecified atom stereocenters. The van der Waals surface area contributed by atoms with Gasteiger partial charge < -0.3 is 4.98 Å². The van der Waals surface area contributed by atoms with Gasteiger partial charge in [0.2, 0.25) is 0 Å². The summed E-state index contributed by atoms with van der Waals surface area (Å²) in [7, 11) is 0. The highest BCUT2D eigenvalue weighted by Crippen LogP contribution is 2.43. The summed E-state index contributed by atoms with van der Waals surface area (Å²) in [6, 6.07) is 16.0. The molecule has 0 spiro atoms. The first-order valence-electron chi connectivity index (χ1n) is 8.30. The van der Waals surface area contributed by atoms with Gasteiger partial charge in [-0.05, 0) is 29.5 Å². The minimum Gasteiger partial charge on any atom is -0.356 e. The van der Waals surface area contributed by atoms with Crippen LogP contribution >= 0.6 is 0 Å². The summed E-state index contributed by atoms with van der Waals surface area (Å²) in [5.74, 6) is 0.221. The summed E-state index contributed by atoms with van der Waals surface area (Å²) in [5.41, 5.74) is 5.74. The quantitative estimate of drug-likeness (QED) is 0.731. The molecule has 1 aliphatic carbocycles. The largest absolute Gasteiger partial charge is 0.356 e. The summed E-state index contributed by atoms with van der Waals surface area (Å²) in [6.45, 7) is 4.30. The number of carbonyl (C=O) groups is 1. The Morgan fingerprint density at radius 2 is 1.71 bits per heavy atom.